The number of hydrogen-bond acceptors (Lipinski definition) is 3. The van der Waals surface area contributed by atoms with Gasteiger partial charge in [-0.05, 0) is 44.0 Å². The number of halogens is 1. The van der Waals surface area contributed by atoms with E-state index in [-0.39, 0.29) is 0 Å². The van der Waals surface area contributed by atoms with Gasteiger partial charge in [0.05, 0.1) is 11.4 Å². The van der Waals surface area contributed by atoms with Crippen molar-refractivity contribution in [1.29, 1.82) is 0 Å². The summed E-state index contributed by atoms with van der Waals surface area (Å²) in [5.41, 5.74) is 7.69. The molecule has 1 aliphatic rings. The number of hydrogen-bond donors (Lipinski definition) is 2. The molecule has 0 radical (unpaired) electrons. The molecule has 3 nitrogen and oxygen atoms in total. The lowest BCUT2D eigenvalue weighted by Crippen LogP contribution is -2.39. The average molecular weight is 268 g/mol. The molecule has 0 amide bonds. The van der Waals surface area contributed by atoms with E-state index in [4.69, 9.17) is 17.3 Å². The number of piperidine rings is 1. The molecule has 0 aromatic heterocycles. The lowest BCUT2D eigenvalue weighted by atomic mass is 10.0. The van der Waals surface area contributed by atoms with Crippen molar-refractivity contribution in [2.24, 2.45) is 0 Å². The molecule has 18 heavy (non-hydrogen) atoms. The highest BCUT2D eigenvalue weighted by molar-refractivity contribution is 6.31. The fourth-order valence-electron chi connectivity index (χ4n) is 2.49. The van der Waals surface area contributed by atoms with Gasteiger partial charge in [-0.1, -0.05) is 18.5 Å². The molecule has 1 heterocycles. The van der Waals surface area contributed by atoms with Crippen molar-refractivity contribution in [3.8, 4) is 0 Å². The third-order valence-electron chi connectivity index (χ3n) is 3.50. The van der Waals surface area contributed by atoms with E-state index < -0.39 is 0 Å². The Kier molecular flexibility index (Phi) is 4.72. The average Bonchev–Trinajstić information content (AvgIpc) is 2.37. The van der Waals surface area contributed by atoms with E-state index in [1.807, 2.05) is 18.2 Å². The van der Waals surface area contributed by atoms with Crippen LogP contribution < -0.4 is 11.1 Å². The maximum Gasteiger partial charge on any atom is 0.0591 e. The monoisotopic (exact) mass is 267 g/mol. The van der Waals surface area contributed by atoms with Crippen LogP contribution in [0, 0.1) is 0 Å². The van der Waals surface area contributed by atoms with Gasteiger partial charge < -0.3 is 16.0 Å². The summed E-state index contributed by atoms with van der Waals surface area (Å²) in [5, 5.41) is 4.25. The molecule has 0 atom stereocenters. The van der Waals surface area contributed by atoms with Crippen LogP contribution in [-0.4, -0.2) is 30.6 Å². The molecule has 0 saturated carbocycles. The van der Waals surface area contributed by atoms with Gasteiger partial charge in [0.2, 0.25) is 0 Å². The first-order valence-electron chi connectivity index (χ1n) is 6.73. The molecule has 0 bridgehead atoms. The number of nitrogens with two attached hydrogens (primary N) is 1. The number of anilines is 2. The number of nitrogens with zero attached hydrogens (tertiary/aromatic N) is 1. The van der Waals surface area contributed by atoms with Gasteiger partial charge in [-0.25, -0.2) is 0 Å². The summed E-state index contributed by atoms with van der Waals surface area (Å²) >= 11 is 6.00. The minimum Gasteiger partial charge on any atom is -0.397 e. The van der Waals surface area contributed by atoms with E-state index in [1.54, 1.807) is 0 Å². The van der Waals surface area contributed by atoms with Crippen molar-refractivity contribution in [3.05, 3.63) is 23.2 Å². The minimum absolute atomic E-state index is 0.513. The van der Waals surface area contributed by atoms with Crippen molar-refractivity contribution >= 4 is 23.0 Å². The smallest absolute Gasteiger partial charge is 0.0591 e. The zero-order valence-corrected chi connectivity index (χ0v) is 11.7. The number of nitrogens with one attached hydrogen (secondary N) is 1. The highest BCUT2D eigenvalue weighted by Crippen LogP contribution is 2.25. The Morgan fingerprint density at radius 2 is 2.11 bits per heavy atom. The Balaban J connectivity index is 1.89. The molecule has 0 unspecified atom stereocenters. The Morgan fingerprint density at radius 3 is 2.78 bits per heavy atom. The maximum atomic E-state index is 6.00. The van der Waals surface area contributed by atoms with Gasteiger partial charge in [0.1, 0.15) is 0 Å². The summed E-state index contributed by atoms with van der Waals surface area (Å²) < 4.78 is 0. The molecule has 100 valence electrons. The van der Waals surface area contributed by atoms with Crippen LogP contribution in [0.5, 0.6) is 0 Å². The molecule has 0 aliphatic carbocycles. The van der Waals surface area contributed by atoms with Crippen LogP contribution in [0.4, 0.5) is 11.4 Å². The van der Waals surface area contributed by atoms with E-state index in [0.29, 0.717) is 6.04 Å². The molecule has 3 N–H and O–H groups in total. The molecule has 4 heteroatoms. The van der Waals surface area contributed by atoms with Crippen LogP contribution in [0.1, 0.15) is 26.2 Å². The van der Waals surface area contributed by atoms with Crippen LogP contribution in [0.2, 0.25) is 5.02 Å². The molecular weight excluding hydrogens is 246 g/mol. The lowest BCUT2D eigenvalue weighted by Gasteiger charge is -2.32. The first-order valence-corrected chi connectivity index (χ1v) is 7.10. The van der Waals surface area contributed by atoms with Gasteiger partial charge in [-0.3, -0.25) is 0 Å². The van der Waals surface area contributed by atoms with Crippen LogP contribution in [0.15, 0.2) is 18.2 Å². The summed E-state index contributed by atoms with van der Waals surface area (Å²) in [7, 11) is 0. The first kappa shape index (κ1) is 13.5. The van der Waals surface area contributed by atoms with Crippen molar-refractivity contribution in [1.82, 2.24) is 4.90 Å². The highest BCUT2D eigenvalue weighted by Gasteiger charge is 2.18. The Morgan fingerprint density at radius 1 is 1.39 bits per heavy atom. The van der Waals surface area contributed by atoms with Gasteiger partial charge in [0.25, 0.3) is 0 Å². The molecule has 2 rings (SSSR count). The molecule has 1 aromatic carbocycles. The van der Waals surface area contributed by atoms with E-state index in [1.165, 1.54) is 38.9 Å². The normalized spacial score (nSPS) is 17.9. The Labute approximate surface area is 114 Å². The van der Waals surface area contributed by atoms with E-state index in [2.05, 4.69) is 17.1 Å². The maximum absolute atomic E-state index is 6.00. The zero-order valence-electron chi connectivity index (χ0n) is 11.0. The SMILES string of the molecule is CCCN1CCC(Nc2cc(Cl)ccc2N)CC1. The third kappa shape index (κ3) is 3.53. The predicted molar refractivity (Wildman–Crippen MR) is 79.2 cm³/mol. The van der Waals surface area contributed by atoms with E-state index in [0.717, 1.165) is 16.4 Å². The van der Waals surface area contributed by atoms with Crippen LogP contribution in [0.3, 0.4) is 0 Å². The highest BCUT2D eigenvalue weighted by atomic mass is 35.5. The summed E-state index contributed by atoms with van der Waals surface area (Å²) in [6.07, 6.45) is 3.58. The van der Waals surface area contributed by atoms with Gasteiger partial charge in [0, 0.05) is 24.2 Å². The number of likely N-dealkylation sites (tertiary alicyclic amines) is 1. The van der Waals surface area contributed by atoms with Crippen molar-refractivity contribution < 1.29 is 0 Å². The van der Waals surface area contributed by atoms with Crippen LogP contribution in [-0.2, 0) is 0 Å². The number of rotatable bonds is 4. The molecule has 1 fully saturated rings. The van der Waals surface area contributed by atoms with Crippen LogP contribution in [0.25, 0.3) is 0 Å². The molecule has 0 spiro atoms. The van der Waals surface area contributed by atoms with Gasteiger partial charge in [0.15, 0.2) is 0 Å². The predicted octanol–water partition coefficient (Wildman–Crippen LogP) is 3.21. The van der Waals surface area contributed by atoms with Crippen LogP contribution >= 0.6 is 11.6 Å². The van der Waals surface area contributed by atoms with Gasteiger partial charge in [-0.2, -0.15) is 0 Å². The molecular formula is C14H22ClN3. The zero-order chi connectivity index (χ0) is 13.0. The third-order valence-corrected chi connectivity index (χ3v) is 3.74. The summed E-state index contributed by atoms with van der Waals surface area (Å²) in [6, 6.07) is 6.11. The largest absolute Gasteiger partial charge is 0.397 e. The second-order valence-electron chi connectivity index (χ2n) is 4.99. The van der Waals surface area contributed by atoms with Gasteiger partial charge >= 0.3 is 0 Å². The number of benzene rings is 1. The van der Waals surface area contributed by atoms with Crippen molar-refractivity contribution in [2.45, 2.75) is 32.2 Å². The van der Waals surface area contributed by atoms with Gasteiger partial charge in [-0.15, -0.1) is 0 Å². The topological polar surface area (TPSA) is 41.3 Å². The standard InChI is InChI=1S/C14H22ClN3/c1-2-7-18-8-5-12(6-9-18)17-14-10-11(15)3-4-13(14)16/h3-4,10,12,17H,2,5-9,16H2,1H3. The fraction of sp³-hybridized carbons (Fsp3) is 0.571. The molecule has 1 aromatic rings. The van der Waals surface area contributed by atoms with Crippen molar-refractivity contribution in [2.75, 3.05) is 30.7 Å². The minimum atomic E-state index is 0.513. The van der Waals surface area contributed by atoms with E-state index >= 15 is 0 Å². The lowest BCUT2D eigenvalue weighted by molar-refractivity contribution is 0.219. The summed E-state index contributed by atoms with van der Waals surface area (Å²) in [4.78, 5) is 2.53. The quantitative estimate of drug-likeness (QED) is 0.823. The number of nitrogen functional groups attached to an aromatic ring is 1. The first-order chi connectivity index (χ1) is 8.69. The fourth-order valence-corrected chi connectivity index (χ4v) is 2.66. The summed E-state index contributed by atoms with van der Waals surface area (Å²) in [6.45, 7) is 5.79. The molecule has 1 saturated heterocycles. The second-order valence-corrected chi connectivity index (χ2v) is 5.43. The molecule has 1 aliphatic heterocycles. The summed E-state index contributed by atoms with van der Waals surface area (Å²) in [5.74, 6) is 0. The van der Waals surface area contributed by atoms with E-state index in [9.17, 15) is 0 Å². The Bertz CT molecular complexity index is 387. The second kappa shape index (κ2) is 6.30. The Hall–Kier alpha value is -0.930. The van der Waals surface area contributed by atoms with Crippen molar-refractivity contribution in [3.63, 3.8) is 0 Å².